The largest absolute Gasteiger partial charge is 0.0622 e. The standard InChI is InChI=1S/C58H38/c1-5-17-39(18-6-1)44-31-33-50(52(35-44)41-21-9-3-10-22-41)57-48-27-15-16-28-49(48)58(56-38-54-46(37-55(56)57)30-29-43-25-13-14-26-47(43)54)51-34-32-45(40-19-7-2-8-20-40)36-53(51)42-23-11-4-12-24-42/h1-38H. The van der Waals surface area contributed by atoms with Gasteiger partial charge in [0.1, 0.15) is 0 Å². The summed E-state index contributed by atoms with van der Waals surface area (Å²) >= 11 is 0. The monoisotopic (exact) mass is 734 g/mol. The fourth-order valence-corrected chi connectivity index (χ4v) is 9.12. The van der Waals surface area contributed by atoms with Crippen molar-refractivity contribution < 1.29 is 0 Å². The third-order valence-corrected chi connectivity index (χ3v) is 11.8. The molecule has 0 unspecified atom stereocenters. The second kappa shape index (κ2) is 14.2. The average molecular weight is 735 g/mol. The summed E-state index contributed by atoms with van der Waals surface area (Å²) in [6.07, 6.45) is 0. The molecule has 11 aromatic carbocycles. The summed E-state index contributed by atoms with van der Waals surface area (Å²) < 4.78 is 0. The third kappa shape index (κ3) is 5.78. The first-order valence-electron chi connectivity index (χ1n) is 20.1. The van der Waals surface area contributed by atoms with Gasteiger partial charge in [-0.1, -0.05) is 206 Å². The van der Waals surface area contributed by atoms with E-state index < -0.39 is 0 Å². The second-order valence-electron chi connectivity index (χ2n) is 15.2. The lowest BCUT2D eigenvalue weighted by atomic mass is 9.80. The first kappa shape index (κ1) is 33.8. The highest BCUT2D eigenvalue weighted by Gasteiger charge is 2.23. The van der Waals surface area contributed by atoms with E-state index in [0.717, 1.165) is 0 Å². The van der Waals surface area contributed by atoms with Crippen LogP contribution in [-0.2, 0) is 0 Å². The van der Waals surface area contributed by atoms with E-state index in [1.165, 1.54) is 110 Å². The van der Waals surface area contributed by atoms with Crippen molar-refractivity contribution in [2.75, 3.05) is 0 Å². The summed E-state index contributed by atoms with van der Waals surface area (Å²) in [7, 11) is 0. The molecule has 0 amide bonds. The Balaban J connectivity index is 1.30. The van der Waals surface area contributed by atoms with Crippen LogP contribution >= 0.6 is 0 Å². The highest BCUT2D eigenvalue weighted by Crippen LogP contribution is 2.50. The van der Waals surface area contributed by atoms with Gasteiger partial charge in [0.2, 0.25) is 0 Å². The predicted octanol–water partition coefficient (Wildman–Crippen LogP) is 16.3. The Morgan fingerprint density at radius 1 is 0.172 bits per heavy atom. The van der Waals surface area contributed by atoms with Gasteiger partial charge in [-0.15, -0.1) is 0 Å². The number of hydrogen-bond acceptors (Lipinski definition) is 0. The van der Waals surface area contributed by atoms with Crippen LogP contribution in [-0.4, -0.2) is 0 Å². The van der Waals surface area contributed by atoms with Crippen molar-refractivity contribution in [3.8, 4) is 66.8 Å². The minimum atomic E-state index is 1.20. The van der Waals surface area contributed by atoms with E-state index in [2.05, 4.69) is 231 Å². The molecule has 0 aliphatic carbocycles. The van der Waals surface area contributed by atoms with E-state index in [-0.39, 0.29) is 0 Å². The van der Waals surface area contributed by atoms with Gasteiger partial charge in [0.25, 0.3) is 0 Å². The molecule has 0 fully saturated rings. The van der Waals surface area contributed by atoms with E-state index in [0.29, 0.717) is 0 Å². The molecule has 0 aliphatic rings. The molecule has 11 rings (SSSR count). The summed E-state index contributed by atoms with van der Waals surface area (Å²) in [5, 5.41) is 9.97. The molecule has 0 aromatic heterocycles. The maximum atomic E-state index is 2.48. The van der Waals surface area contributed by atoms with Crippen LogP contribution in [0.1, 0.15) is 0 Å². The van der Waals surface area contributed by atoms with Gasteiger partial charge < -0.3 is 0 Å². The molecule has 58 heavy (non-hydrogen) atoms. The molecule has 0 N–H and O–H groups in total. The van der Waals surface area contributed by atoms with Crippen molar-refractivity contribution >= 4 is 43.1 Å². The fraction of sp³-hybridized carbons (Fsp3) is 0. The Morgan fingerprint density at radius 2 is 0.569 bits per heavy atom. The normalized spacial score (nSPS) is 11.4. The van der Waals surface area contributed by atoms with Crippen LogP contribution in [0.3, 0.4) is 0 Å². The molecule has 0 saturated heterocycles. The molecule has 0 spiro atoms. The molecule has 11 aromatic rings. The maximum absolute atomic E-state index is 2.48. The lowest BCUT2D eigenvalue weighted by molar-refractivity contribution is 1.57. The molecule has 270 valence electrons. The summed E-state index contributed by atoms with van der Waals surface area (Å²) in [5.41, 5.74) is 14.6. The molecular weight excluding hydrogens is 697 g/mol. The van der Waals surface area contributed by atoms with Gasteiger partial charge >= 0.3 is 0 Å². The van der Waals surface area contributed by atoms with Gasteiger partial charge in [0.05, 0.1) is 0 Å². The Bertz CT molecular complexity index is 3290. The molecule has 0 radical (unpaired) electrons. The fourth-order valence-electron chi connectivity index (χ4n) is 9.12. The van der Waals surface area contributed by atoms with E-state index in [1.807, 2.05) is 0 Å². The average Bonchev–Trinajstić information content (AvgIpc) is 3.31. The van der Waals surface area contributed by atoms with Gasteiger partial charge in [0, 0.05) is 0 Å². The van der Waals surface area contributed by atoms with Crippen molar-refractivity contribution in [3.05, 3.63) is 231 Å². The van der Waals surface area contributed by atoms with Crippen LogP contribution in [0.5, 0.6) is 0 Å². The zero-order chi connectivity index (χ0) is 38.4. The number of benzene rings is 11. The lowest BCUT2D eigenvalue weighted by Gasteiger charge is -2.23. The SMILES string of the molecule is c1ccc(-c2ccc(-c3c4ccccc4c(-c4ccc(-c5ccccc5)cc4-c4ccccc4)c4cc5c(ccc6ccccc65)cc34)c(-c3ccccc3)c2)cc1. The second-order valence-corrected chi connectivity index (χ2v) is 15.2. The van der Waals surface area contributed by atoms with Gasteiger partial charge in [-0.05, 0) is 134 Å². The van der Waals surface area contributed by atoms with Gasteiger partial charge in [-0.2, -0.15) is 0 Å². The van der Waals surface area contributed by atoms with Crippen LogP contribution < -0.4 is 0 Å². The molecule has 0 aliphatic heterocycles. The van der Waals surface area contributed by atoms with E-state index in [9.17, 15) is 0 Å². The minimum absolute atomic E-state index is 1.20. The minimum Gasteiger partial charge on any atom is -0.0622 e. The summed E-state index contributed by atoms with van der Waals surface area (Å²) in [6.45, 7) is 0. The number of hydrogen-bond donors (Lipinski definition) is 0. The van der Waals surface area contributed by atoms with Crippen molar-refractivity contribution in [2.45, 2.75) is 0 Å². The summed E-state index contributed by atoms with van der Waals surface area (Å²) in [4.78, 5) is 0. The van der Waals surface area contributed by atoms with Gasteiger partial charge in [-0.25, -0.2) is 0 Å². The molecule has 0 heterocycles. The zero-order valence-corrected chi connectivity index (χ0v) is 31.9. The van der Waals surface area contributed by atoms with Crippen molar-refractivity contribution in [2.24, 2.45) is 0 Å². The predicted molar refractivity (Wildman–Crippen MR) is 249 cm³/mol. The number of rotatable bonds is 6. The van der Waals surface area contributed by atoms with Crippen LogP contribution in [0.15, 0.2) is 231 Å². The van der Waals surface area contributed by atoms with Crippen molar-refractivity contribution in [1.82, 2.24) is 0 Å². The Kier molecular flexibility index (Phi) is 8.26. The summed E-state index contributed by atoms with van der Waals surface area (Å²) in [5.74, 6) is 0. The van der Waals surface area contributed by atoms with Crippen LogP contribution in [0.2, 0.25) is 0 Å². The first-order chi connectivity index (χ1) is 28.8. The maximum Gasteiger partial charge on any atom is -0.00199 e. The first-order valence-corrected chi connectivity index (χ1v) is 20.1. The smallest absolute Gasteiger partial charge is 0.00199 e. The zero-order valence-electron chi connectivity index (χ0n) is 31.9. The third-order valence-electron chi connectivity index (χ3n) is 11.8. The molecule has 0 atom stereocenters. The van der Waals surface area contributed by atoms with Crippen LogP contribution in [0.25, 0.3) is 110 Å². The molecule has 0 heteroatoms. The van der Waals surface area contributed by atoms with E-state index in [1.54, 1.807) is 0 Å². The van der Waals surface area contributed by atoms with Crippen molar-refractivity contribution in [1.29, 1.82) is 0 Å². The van der Waals surface area contributed by atoms with Gasteiger partial charge in [0.15, 0.2) is 0 Å². The van der Waals surface area contributed by atoms with Crippen molar-refractivity contribution in [3.63, 3.8) is 0 Å². The van der Waals surface area contributed by atoms with Crippen LogP contribution in [0, 0.1) is 0 Å². The lowest BCUT2D eigenvalue weighted by Crippen LogP contribution is -1.95. The Hall–Kier alpha value is -7.54. The van der Waals surface area contributed by atoms with E-state index in [4.69, 9.17) is 0 Å². The van der Waals surface area contributed by atoms with E-state index >= 15 is 0 Å². The number of fused-ring (bicyclic) bond motifs is 5. The van der Waals surface area contributed by atoms with Gasteiger partial charge in [-0.3, -0.25) is 0 Å². The molecular formula is C58H38. The van der Waals surface area contributed by atoms with Crippen LogP contribution in [0.4, 0.5) is 0 Å². The highest BCUT2D eigenvalue weighted by molar-refractivity contribution is 6.27. The highest BCUT2D eigenvalue weighted by atomic mass is 14.3. The topological polar surface area (TPSA) is 0 Å². The Labute approximate surface area is 339 Å². The summed E-state index contributed by atoms with van der Waals surface area (Å²) in [6, 6.07) is 84.7. The Morgan fingerprint density at radius 3 is 1.07 bits per heavy atom. The molecule has 0 saturated carbocycles. The molecule has 0 bridgehead atoms. The quantitative estimate of drug-likeness (QED) is 0.118. The molecule has 0 nitrogen and oxygen atoms in total.